The Morgan fingerprint density at radius 1 is 0.931 bits per heavy atom. The first-order valence-corrected chi connectivity index (χ1v) is 9.28. The zero-order valence-electron chi connectivity index (χ0n) is 15.5. The van der Waals surface area contributed by atoms with Gasteiger partial charge in [0.1, 0.15) is 11.4 Å². The van der Waals surface area contributed by atoms with E-state index in [1.807, 2.05) is 41.9 Å². The van der Waals surface area contributed by atoms with Crippen molar-refractivity contribution in [2.24, 2.45) is 7.05 Å². The first kappa shape index (κ1) is 18.7. The molecule has 7 heteroatoms. The van der Waals surface area contributed by atoms with Gasteiger partial charge in [-0.2, -0.15) is 0 Å². The summed E-state index contributed by atoms with van der Waals surface area (Å²) in [6, 6.07) is 19.6. The maximum Gasteiger partial charge on any atom is 0.274 e. The Kier molecular flexibility index (Phi) is 5.01. The van der Waals surface area contributed by atoms with Gasteiger partial charge in [-0.25, -0.2) is 0 Å². The molecular formula is C22H17ClN4O2. The van der Waals surface area contributed by atoms with Crippen molar-refractivity contribution in [2.75, 3.05) is 10.6 Å². The van der Waals surface area contributed by atoms with Gasteiger partial charge in [-0.15, -0.1) is 0 Å². The van der Waals surface area contributed by atoms with Crippen LogP contribution in [0.4, 0.5) is 11.4 Å². The van der Waals surface area contributed by atoms with Crippen molar-refractivity contribution >= 4 is 45.7 Å². The normalized spacial score (nSPS) is 10.7. The smallest absolute Gasteiger partial charge is 0.274 e. The summed E-state index contributed by atoms with van der Waals surface area (Å²) in [5.74, 6) is -0.607. The van der Waals surface area contributed by atoms with E-state index >= 15 is 0 Å². The van der Waals surface area contributed by atoms with Gasteiger partial charge in [-0.3, -0.25) is 14.6 Å². The van der Waals surface area contributed by atoms with Crippen LogP contribution in [0, 0.1) is 0 Å². The lowest BCUT2D eigenvalue weighted by Gasteiger charge is -2.10. The third kappa shape index (κ3) is 3.83. The summed E-state index contributed by atoms with van der Waals surface area (Å²) in [6.07, 6.45) is 1.55. The molecule has 0 saturated carbocycles. The van der Waals surface area contributed by atoms with Crippen molar-refractivity contribution in [2.45, 2.75) is 0 Å². The van der Waals surface area contributed by atoms with Crippen LogP contribution < -0.4 is 10.6 Å². The minimum Gasteiger partial charge on any atom is -0.340 e. The molecule has 0 saturated heterocycles. The molecule has 0 bridgehead atoms. The Morgan fingerprint density at radius 2 is 1.72 bits per heavy atom. The summed E-state index contributed by atoms with van der Waals surface area (Å²) in [7, 11) is 1.84. The lowest BCUT2D eigenvalue weighted by atomic mass is 10.2. The van der Waals surface area contributed by atoms with Gasteiger partial charge in [-0.1, -0.05) is 35.9 Å². The summed E-state index contributed by atoms with van der Waals surface area (Å²) in [5.41, 5.74) is 2.76. The molecule has 144 valence electrons. The van der Waals surface area contributed by atoms with Crippen molar-refractivity contribution in [3.8, 4) is 0 Å². The molecule has 0 radical (unpaired) electrons. The van der Waals surface area contributed by atoms with Crippen LogP contribution in [0.2, 0.25) is 5.02 Å². The number of amides is 2. The first-order chi connectivity index (χ1) is 14.0. The SMILES string of the molecule is Cn1c(C(=O)Nc2ccc(NC(=O)c3ccccn3)cc2Cl)cc2ccccc21. The van der Waals surface area contributed by atoms with Gasteiger partial charge in [0.25, 0.3) is 11.8 Å². The summed E-state index contributed by atoms with van der Waals surface area (Å²) in [5, 5.41) is 6.86. The number of carbonyl (C=O) groups excluding carboxylic acids is 2. The van der Waals surface area contributed by atoms with E-state index in [1.165, 1.54) is 0 Å². The van der Waals surface area contributed by atoms with Crippen LogP contribution in [0.15, 0.2) is 72.9 Å². The average Bonchev–Trinajstić information content (AvgIpc) is 3.07. The summed E-state index contributed by atoms with van der Waals surface area (Å²) in [6.45, 7) is 0. The number of nitrogens with one attached hydrogen (secondary N) is 2. The maximum absolute atomic E-state index is 12.7. The predicted molar refractivity (Wildman–Crippen MR) is 115 cm³/mol. The van der Waals surface area contributed by atoms with Gasteiger partial charge < -0.3 is 15.2 Å². The number of para-hydroxylation sites is 1. The van der Waals surface area contributed by atoms with Crippen LogP contribution in [-0.4, -0.2) is 21.4 Å². The summed E-state index contributed by atoms with van der Waals surface area (Å²) >= 11 is 6.32. The Hall–Kier alpha value is -3.64. The van der Waals surface area contributed by atoms with Gasteiger partial charge in [-0.05, 0) is 42.5 Å². The number of rotatable bonds is 4. The molecule has 0 unspecified atom stereocenters. The van der Waals surface area contributed by atoms with Crippen LogP contribution in [0.25, 0.3) is 10.9 Å². The molecule has 4 rings (SSSR count). The van der Waals surface area contributed by atoms with E-state index < -0.39 is 0 Å². The molecule has 2 aromatic heterocycles. The van der Waals surface area contributed by atoms with E-state index in [9.17, 15) is 9.59 Å². The monoisotopic (exact) mass is 404 g/mol. The Balaban J connectivity index is 1.51. The Bertz CT molecular complexity index is 1220. The lowest BCUT2D eigenvalue weighted by Crippen LogP contribution is -2.16. The molecule has 0 aliphatic heterocycles. The van der Waals surface area contributed by atoms with Crippen molar-refractivity contribution in [1.29, 1.82) is 0 Å². The van der Waals surface area contributed by atoms with Gasteiger partial charge in [0.2, 0.25) is 0 Å². The second-order valence-electron chi connectivity index (χ2n) is 6.47. The van der Waals surface area contributed by atoms with Crippen molar-refractivity contribution in [3.05, 3.63) is 89.3 Å². The average molecular weight is 405 g/mol. The number of nitrogens with zero attached hydrogens (tertiary/aromatic N) is 2. The van der Waals surface area contributed by atoms with Gasteiger partial charge in [0, 0.05) is 29.8 Å². The largest absolute Gasteiger partial charge is 0.340 e. The topological polar surface area (TPSA) is 76.0 Å². The molecule has 0 aliphatic rings. The minimum atomic E-state index is -0.339. The molecule has 4 aromatic rings. The number of hydrogen-bond acceptors (Lipinski definition) is 3. The number of hydrogen-bond donors (Lipinski definition) is 2. The first-order valence-electron chi connectivity index (χ1n) is 8.90. The fraction of sp³-hybridized carbons (Fsp3) is 0.0455. The van der Waals surface area contributed by atoms with Gasteiger partial charge in [0.05, 0.1) is 10.7 Å². The highest BCUT2D eigenvalue weighted by molar-refractivity contribution is 6.34. The Morgan fingerprint density at radius 3 is 2.45 bits per heavy atom. The molecule has 0 atom stereocenters. The van der Waals surface area contributed by atoms with Crippen LogP contribution in [0.5, 0.6) is 0 Å². The van der Waals surface area contributed by atoms with Gasteiger partial charge in [0.15, 0.2) is 0 Å². The van der Waals surface area contributed by atoms with Crippen LogP contribution in [-0.2, 0) is 7.05 Å². The van der Waals surface area contributed by atoms with E-state index in [1.54, 1.807) is 42.6 Å². The minimum absolute atomic E-state index is 0.268. The molecule has 6 nitrogen and oxygen atoms in total. The third-order valence-electron chi connectivity index (χ3n) is 4.56. The number of carbonyl (C=O) groups is 2. The maximum atomic E-state index is 12.7. The third-order valence-corrected chi connectivity index (χ3v) is 4.87. The highest BCUT2D eigenvalue weighted by atomic mass is 35.5. The standard InChI is InChI=1S/C22H17ClN4O2/c1-27-19-8-3-2-6-14(19)12-20(27)22(29)26-17-10-9-15(13-16(17)23)25-21(28)18-7-4-5-11-24-18/h2-13H,1H3,(H,25,28)(H,26,29). The molecule has 0 fully saturated rings. The van der Waals surface area contributed by atoms with Gasteiger partial charge >= 0.3 is 0 Å². The molecule has 2 aromatic carbocycles. The Labute approximate surface area is 172 Å². The van der Waals surface area contributed by atoms with E-state index in [2.05, 4.69) is 15.6 Å². The number of aromatic nitrogens is 2. The molecule has 0 spiro atoms. The second kappa shape index (κ2) is 7.77. The molecule has 0 aliphatic carbocycles. The van der Waals surface area contributed by atoms with E-state index in [4.69, 9.17) is 11.6 Å². The predicted octanol–water partition coefficient (Wildman–Crippen LogP) is 4.73. The van der Waals surface area contributed by atoms with E-state index in [-0.39, 0.29) is 11.8 Å². The van der Waals surface area contributed by atoms with E-state index in [0.717, 1.165) is 10.9 Å². The highest BCUT2D eigenvalue weighted by Gasteiger charge is 2.15. The number of anilines is 2. The number of benzene rings is 2. The number of aryl methyl sites for hydroxylation is 1. The molecule has 2 N–H and O–H groups in total. The van der Waals surface area contributed by atoms with Crippen molar-refractivity contribution < 1.29 is 9.59 Å². The van der Waals surface area contributed by atoms with Crippen molar-refractivity contribution in [1.82, 2.24) is 9.55 Å². The quantitative estimate of drug-likeness (QED) is 0.516. The second-order valence-corrected chi connectivity index (χ2v) is 6.87. The van der Waals surface area contributed by atoms with E-state index in [0.29, 0.717) is 27.8 Å². The molecular weight excluding hydrogens is 388 g/mol. The van der Waals surface area contributed by atoms with Crippen LogP contribution in [0.3, 0.4) is 0 Å². The zero-order chi connectivity index (χ0) is 20.4. The number of halogens is 1. The molecule has 2 amide bonds. The highest BCUT2D eigenvalue weighted by Crippen LogP contribution is 2.27. The lowest BCUT2D eigenvalue weighted by molar-refractivity contribution is 0.101. The fourth-order valence-electron chi connectivity index (χ4n) is 3.08. The number of pyridine rings is 1. The summed E-state index contributed by atoms with van der Waals surface area (Å²) < 4.78 is 1.83. The molecule has 29 heavy (non-hydrogen) atoms. The molecule has 2 heterocycles. The van der Waals surface area contributed by atoms with Crippen LogP contribution in [0.1, 0.15) is 21.0 Å². The fourth-order valence-corrected chi connectivity index (χ4v) is 3.31. The van der Waals surface area contributed by atoms with Crippen LogP contribution >= 0.6 is 11.6 Å². The van der Waals surface area contributed by atoms with Crippen molar-refractivity contribution in [3.63, 3.8) is 0 Å². The summed E-state index contributed by atoms with van der Waals surface area (Å²) in [4.78, 5) is 29.0. The zero-order valence-corrected chi connectivity index (χ0v) is 16.3. The number of fused-ring (bicyclic) bond motifs is 1.